The van der Waals surface area contributed by atoms with Crippen LogP contribution >= 0.6 is 11.3 Å². The van der Waals surface area contributed by atoms with Crippen molar-refractivity contribution in [3.8, 4) is 5.75 Å². The second-order valence-electron chi connectivity index (χ2n) is 8.14. The number of carbonyl (C=O) groups excluding carboxylic acids is 1. The number of hydrogen-bond donors (Lipinski definition) is 1. The third kappa shape index (κ3) is 2.95. The summed E-state index contributed by atoms with van der Waals surface area (Å²) in [5.74, 6) is 1.38. The fraction of sp³-hybridized carbons (Fsp3) is 0.524. The molecule has 4 fully saturated rings. The number of piperidine rings is 3. The molecule has 0 aliphatic carbocycles. The molecule has 0 radical (unpaired) electrons. The van der Waals surface area contributed by atoms with Crippen molar-refractivity contribution in [2.24, 2.45) is 5.92 Å². The van der Waals surface area contributed by atoms with Crippen LogP contribution < -0.4 is 0 Å². The van der Waals surface area contributed by atoms with E-state index in [0.29, 0.717) is 30.2 Å². The quantitative estimate of drug-likeness (QED) is 0.886. The molecule has 1 aromatic heterocycles. The molecule has 0 spiro atoms. The number of benzene rings is 1. The Labute approximate surface area is 163 Å². The minimum Gasteiger partial charge on any atom is -0.508 e. The number of phenols is 1. The highest BCUT2D eigenvalue weighted by atomic mass is 32.1. The summed E-state index contributed by atoms with van der Waals surface area (Å²) in [7, 11) is 0. The lowest BCUT2D eigenvalue weighted by Gasteiger charge is -2.51. The van der Waals surface area contributed by atoms with E-state index in [0.717, 1.165) is 35.9 Å². The number of rotatable bonds is 3. The van der Waals surface area contributed by atoms with Crippen LogP contribution in [-0.2, 0) is 11.2 Å². The number of phenolic OH excluding ortho intramolecular Hbond substituents is 1. The maximum atomic E-state index is 13.2. The molecule has 3 atom stereocenters. The van der Waals surface area contributed by atoms with E-state index in [1.807, 2.05) is 24.4 Å². The van der Waals surface area contributed by atoms with Crippen LogP contribution in [0.25, 0.3) is 0 Å². The lowest BCUT2D eigenvalue weighted by Crippen LogP contribution is -2.60. The average Bonchev–Trinajstić information content (AvgIpc) is 3.28. The van der Waals surface area contributed by atoms with Crippen molar-refractivity contribution in [2.45, 2.75) is 44.2 Å². The van der Waals surface area contributed by atoms with Gasteiger partial charge in [-0.1, -0.05) is 12.1 Å². The highest BCUT2D eigenvalue weighted by Crippen LogP contribution is 2.47. The number of likely N-dealkylation sites (tertiary alicyclic amines) is 1. The summed E-state index contributed by atoms with van der Waals surface area (Å²) in [4.78, 5) is 22.4. The lowest BCUT2D eigenvalue weighted by molar-refractivity contribution is -0.135. The van der Waals surface area contributed by atoms with Crippen molar-refractivity contribution in [1.82, 2.24) is 14.8 Å². The molecule has 1 aromatic carbocycles. The fourth-order valence-corrected chi connectivity index (χ4v) is 6.11. The molecule has 5 heterocycles. The minimum absolute atomic E-state index is 0.201. The number of hydrogen-bond acceptors (Lipinski definition) is 5. The molecule has 6 heteroatoms. The van der Waals surface area contributed by atoms with E-state index in [4.69, 9.17) is 0 Å². The monoisotopic (exact) mass is 383 g/mol. The maximum absolute atomic E-state index is 13.2. The molecule has 2 bridgehead atoms. The third-order valence-corrected chi connectivity index (χ3v) is 7.43. The average molecular weight is 384 g/mol. The van der Waals surface area contributed by atoms with E-state index in [9.17, 15) is 9.90 Å². The number of fused-ring (bicyclic) bond motifs is 2. The van der Waals surface area contributed by atoms with Gasteiger partial charge in [-0.25, -0.2) is 4.98 Å². The van der Waals surface area contributed by atoms with Gasteiger partial charge < -0.3 is 10.0 Å². The molecule has 1 N–H and O–H groups in total. The van der Waals surface area contributed by atoms with Crippen LogP contribution in [0.5, 0.6) is 5.75 Å². The zero-order valence-electron chi connectivity index (χ0n) is 15.5. The Morgan fingerprint density at radius 3 is 2.81 bits per heavy atom. The van der Waals surface area contributed by atoms with Gasteiger partial charge in [0.25, 0.3) is 0 Å². The molecule has 4 aliphatic rings. The van der Waals surface area contributed by atoms with Gasteiger partial charge in [-0.3, -0.25) is 9.69 Å². The second kappa shape index (κ2) is 6.60. The number of aryl methyl sites for hydroxylation is 1. The van der Waals surface area contributed by atoms with Crippen LogP contribution in [0.15, 0.2) is 29.6 Å². The SMILES string of the molecule is Cc1nc(CC(=O)N2C[C@@H](c3cccc(O)c3)[C@@H]3[C@H]2C2CCN3CC2)cs1. The largest absolute Gasteiger partial charge is 0.508 e. The van der Waals surface area contributed by atoms with Gasteiger partial charge in [0.05, 0.1) is 23.2 Å². The van der Waals surface area contributed by atoms with Crippen LogP contribution in [0.4, 0.5) is 0 Å². The van der Waals surface area contributed by atoms with Gasteiger partial charge in [0.15, 0.2) is 0 Å². The van der Waals surface area contributed by atoms with Gasteiger partial charge in [-0.05, 0) is 56.5 Å². The Bertz CT molecular complexity index is 859. The lowest BCUT2D eigenvalue weighted by atomic mass is 9.75. The topological polar surface area (TPSA) is 56.7 Å². The molecule has 5 nitrogen and oxygen atoms in total. The standard InChI is InChI=1S/C21H25N3O2S/c1-13-22-16(12-27-13)10-19(26)24-11-18(15-3-2-4-17(25)9-15)21-20(24)14-5-7-23(21)8-6-14/h2-4,9,12,14,18,20-21,25H,5-8,10-11H2,1H3/t18-,20+,21+/m0/s1. The van der Waals surface area contributed by atoms with E-state index < -0.39 is 0 Å². The number of aromatic hydroxyl groups is 1. The second-order valence-corrected chi connectivity index (χ2v) is 9.20. The van der Waals surface area contributed by atoms with Crippen LogP contribution in [0.1, 0.15) is 35.0 Å². The van der Waals surface area contributed by atoms with Crippen molar-refractivity contribution < 1.29 is 9.90 Å². The summed E-state index contributed by atoms with van der Waals surface area (Å²) >= 11 is 1.60. The predicted octanol–water partition coefficient (Wildman–Crippen LogP) is 2.79. The molecule has 6 rings (SSSR count). The first-order valence-electron chi connectivity index (χ1n) is 9.83. The summed E-state index contributed by atoms with van der Waals surface area (Å²) in [6, 6.07) is 8.29. The molecule has 0 saturated carbocycles. The molecule has 1 amide bonds. The molecular formula is C21H25N3O2S. The van der Waals surface area contributed by atoms with Crippen LogP contribution in [0.3, 0.4) is 0 Å². The van der Waals surface area contributed by atoms with E-state index in [1.165, 1.54) is 12.8 Å². The van der Waals surface area contributed by atoms with E-state index in [1.54, 1.807) is 17.4 Å². The summed E-state index contributed by atoms with van der Waals surface area (Å²) in [5.41, 5.74) is 2.04. The van der Waals surface area contributed by atoms with Crippen molar-refractivity contribution >= 4 is 17.2 Å². The smallest absolute Gasteiger partial charge is 0.228 e. The van der Waals surface area contributed by atoms with Crippen molar-refractivity contribution in [3.05, 3.63) is 45.9 Å². The predicted molar refractivity (Wildman–Crippen MR) is 105 cm³/mol. The first-order chi connectivity index (χ1) is 13.1. The zero-order valence-corrected chi connectivity index (χ0v) is 16.4. The molecule has 4 aliphatic heterocycles. The third-order valence-electron chi connectivity index (χ3n) is 6.61. The molecule has 0 unspecified atom stereocenters. The number of carbonyl (C=O) groups is 1. The van der Waals surface area contributed by atoms with Gasteiger partial charge in [-0.15, -0.1) is 11.3 Å². The summed E-state index contributed by atoms with van der Waals surface area (Å²) < 4.78 is 0. The van der Waals surface area contributed by atoms with Gasteiger partial charge in [0, 0.05) is 23.9 Å². The normalized spacial score (nSPS) is 31.9. The number of thiazole rings is 1. The van der Waals surface area contributed by atoms with Crippen molar-refractivity contribution in [1.29, 1.82) is 0 Å². The molecular weight excluding hydrogens is 358 g/mol. The molecule has 4 saturated heterocycles. The first kappa shape index (κ1) is 17.2. The van der Waals surface area contributed by atoms with E-state index >= 15 is 0 Å². The Kier molecular flexibility index (Phi) is 4.20. The first-order valence-corrected chi connectivity index (χ1v) is 10.7. The van der Waals surface area contributed by atoms with Crippen LogP contribution in [0.2, 0.25) is 0 Å². The molecule has 2 aromatic rings. The van der Waals surface area contributed by atoms with E-state index in [-0.39, 0.29) is 11.8 Å². The number of amides is 1. The van der Waals surface area contributed by atoms with Gasteiger partial charge in [-0.2, -0.15) is 0 Å². The van der Waals surface area contributed by atoms with E-state index in [2.05, 4.69) is 20.9 Å². The Balaban J connectivity index is 1.46. The molecule has 27 heavy (non-hydrogen) atoms. The summed E-state index contributed by atoms with van der Waals surface area (Å²) in [6.07, 6.45) is 2.77. The van der Waals surface area contributed by atoms with Crippen LogP contribution in [0, 0.1) is 12.8 Å². The summed E-state index contributed by atoms with van der Waals surface area (Å²) in [6.45, 7) is 4.99. The number of nitrogens with zero attached hydrogens (tertiary/aromatic N) is 3. The maximum Gasteiger partial charge on any atom is 0.228 e. The van der Waals surface area contributed by atoms with Crippen molar-refractivity contribution in [3.63, 3.8) is 0 Å². The zero-order chi connectivity index (χ0) is 18.5. The van der Waals surface area contributed by atoms with Gasteiger partial charge in [0.2, 0.25) is 5.91 Å². The molecule has 142 valence electrons. The van der Waals surface area contributed by atoms with Crippen molar-refractivity contribution in [2.75, 3.05) is 19.6 Å². The fourth-order valence-electron chi connectivity index (χ4n) is 5.50. The Hall–Kier alpha value is -1.92. The van der Waals surface area contributed by atoms with Crippen LogP contribution in [-0.4, -0.2) is 57.5 Å². The highest BCUT2D eigenvalue weighted by molar-refractivity contribution is 7.09. The Morgan fingerprint density at radius 2 is 2.11 bits per heavy atom. The van der Waals surface area contributed by atoms with Gasteiger partial charge >= 0.3 is 0 Å². The highest BCUT2D eigenvalue weighted by Gasteiger charge is 2.54. The minimum atomic E-state index is 0.201. The number of aromatic nitrogens is 1. The van der Waals surface area contributed by atoms with Gasteiger partial charge in [0.1, 0.15) is 5.75 Å². The Morgan fingerprint density at radius 1 is 1.30 bits per heavy atom. The summed E-state index contributed by atoms with van der Waals surface area (Å²) in [5, 5.41) is 13.0.